The first-order chi connectivity index (χ1) is 12.9. The van der Waals surface area contributed by atoms with E-state index in [2.05, 4.69) is 10.6 Å². The molecule has 1 aromatic heterocycles. The van der Waals surface area contributed by atoms with E-state index >= 15 is 0 Å². The van der Waals surface area contributed by atoms with Crippen LogP contribution in [0.3, 0.4) is 0 Å². The summed E-state index contributed by atoms with van der Waals surface area (Å²) >= 11 is 1.39. The first-order valence-corrected chi connectivity index (χ1v) is 8.82. The second-order valence-electron chi connectivity index (χ2n) is 5.48. The quantitative estimate of drug-likeness (QED) is 0.404. The third-order valence-corrected chi connectivity index (χ3v) is 4.14. The maximum absolute atomic E-state index is 11.8. The highest BCUT2D eigenvalue weighted by atomic mass is 32.1. The Morgan fingerprint density at radius 2 is 2.04 bits per heavy atom. The molecule has 1 aromatic carbocycles. The maximum atomic E-state index is 11.8. The number of benzene rings is 1. The number of rotatable bonds is 8. The third-order valence-electron chi connectivity index (χ3n) is 3.46. The van der Waals surface area contributed by atoms with Crippen molar-refractivity contribution >= 4 is 40.5 Å². The fourth-order valence-electron chi connectivity index (χ4n) is 2.08. The molecule has 0 saturated heterocycles. The number of nitrogens with zero attached hydrogens (tertiary/aromatic N) is 1. The van der Waals surface area contributed by atoms with E-state index in [1.54, 1.807) is 23.8 Å². The predicted octanol–water partition coefficient (Wildman–Crippen LogP) is 2.27. The van der Waals surface area contributed by atoms with Gasteiger partial charge in [-0.15, -0.1) is 0 Å². The summed E-state index contributed by atoms with van der Waals surface area (Å²) in [5, 5.41) is 19.3. The van der Waals surface area contributed by atoms with Crippen molar-refractivity contribution in [1.82, 2.24) is 5.32 Å². The molecule has 2 rings (SSSR count). The number of carbonyl (C=O) groups excluding carboxylic acids is 3. The highest BCUT2D eigenvalue weighted by Crippen LogP contribution is 2.21. The number of nitrogens with one attached hydrogen (secondary N) is 2. The summed E-state index contributed by atoms with van der Waals surface area (Å²) in [6.45, 7) is 1.22. The van der Waals surface area contributed by atoms with E-state index in [1.165, 1.54) is 29.5 Å². The number of non-ortho nitro benzene ring substituents is 1. The number of hydrogen-bond acceptors (Lipinski definition) is 7. The van der Waals surface area contributed by atoms with Gasteiger partial charge < -0.3 is 15.4 Å². The second-order valence-corrected chi connectivity index (χ2v) is 6.26. The Balaban J connectivity index is 1.71. The summed E-state index contributed by atoms with van der Waals surface area (Å²) in [7, 11) is 0. The molecule has 9 nitrogen and oxygen atoms in total. The molecule has 0 radical (unpaired) electrons. The molecule has 0 unspecified atom stereocenters. The third kappa shape index (κ3) is 6.19. The van der Waals surface area contributed by atoms with Gasteiger partial charge in [0.25, 0.3) is 17.5 Å². The molecule has 0 spiro atoms. The van der Waals surface area contributed by atoms with Gasteiger partial charge in [-0.3, -0.25) is 24.5 Å². The van der Waals surface area contributed by atoms with Gasteiger partial charge in [-0.05, 0) is 30.0 Å². The van der Waals surface area contributed by atoms with Crippen LogP contribution < -0.4 is 10.6 Å². The van der Waals surface area contributed by atoms with Crippen molar-refractivity contribution in [2.45, 2.75) is 13.3 Å². The minimum absolute atomic E-state index is 0.0697. The van der Waals surface area contributed by atoms with Crippen LogP contribution in [0.4, 0.5) is 11.4 Å². The number of thiophene rings is 1. The van der Waals surface area contributed by atoms with Gasteiger partial charge in [0.15, 0.2) is 6.61 Å². The number of hydrogen-bond donors (Lipinski definition) is 2. The van der Waals surface area contributed by atoms with E-state index in [-0.39, 0.29) is 24.6 Å². The van der Waals surface area contributed by atoms with Crippen LogP contribution in [0.15, 0.2) is 35.0 Å². The molecular formula is C17H17N3O6S. The molecule has 27 heavy (non-hydrogen) atoms. The Kier molecular flexibility index (Phi) is 7.00. The molecule has 0 atom stereocenters. The summed E-state index contributed by atoms with van der Waals surface area (Å²) in [4.78, 5) is 45.3. The number of amides is 2. The largest absolute Gasteiger partial charge is 0.456 e. The van der Waals surface area contributed by atoms with Gasteiger partial charge in [0.2, 0.25) is 0 Å². The van der Waals surface area contributed by atoms with Crippen LogP contribution in [0, 0.1) is 17.0 Å². The minimum atomic E-state index is -0.629. The van der Waals surface area contributed by atoms with Crippen molar-refractivity contribution in [3.63, 3.8) is 0 Å². The van der Waals surface area contributed by atoms with E-state index in [0.717, 1.165) is 0 Å². The topological polar surface area (TPSA) is 128 Å². The molecule has 142 valence electrons. The van der Waals surface area contributed by atoms with E-state index in [1.807, 2.05) is 0 Å². The van der Waals surface area contributed by atoms with Crippen LogP contribution in [0.5, 0.6) is 0 Å². The van der Waals surface area contributed by atoms with Crippen molar-refractivity contribution in [2.24, 2.45) is 0 Å². The molecule has 10 heteroatoms. The fourth-order valence-corrected chi connectivity index (χ4v) is 2.72. The highest BCUT2D eigenvalue weighted by molar-refractivity contribution is 7.08. The average Bonchev–Trinajstić information content (AvgIpc) is 3.16. The number of aryl methyl sites for hydroxylation is 1. The molecule has 0 aliphatic heterocycles. The van der Waals surface area contributed by atoms with Gasteiger partial charge in [-0.1, -0.05) is 0 Å². The average molecular weight is 391 g/mol. The first kappa shape index (κ1) is 20.0. The molecule has 0 saturated carbocycles. The monoisotopic (exact) mass is 391 g/mol. The zero-order chi connectivity index (χ0) is 19.8. The first-order valence-electron chi connectivity index (χ1n) is 7.87. The molecule has 2 amide bonds. The van der Waals surface area contributed by atoms with E-state index in [0.29, 0.717) is 16.8 Å². The number of nitro benzene ring substituents is 1. The number of ether oxygens (including phenoxy) is 1. The van der Waals surface area contributed by atoms with Crippen molar-refractivity contribution in [3.8, 4) is 0 Å². The zero-order valence-corrected chi connectivity index (χ0v) is 15.2. The summed E-state index contributed by atoms with van der Waals surface area (Å²) in [5.74, 6) is -1.48. The Morgan fingerprint density at radius 3 is 2.67 bits per heavy atom. The van der Waals surface area contributed by atoms with Crippen LogP contribution in [-0.2, 0) is 14.3 Å². The lowest BCUT2D eigenvalue weighted by Gasteiger charge is -2.09. The number of anilines is 1. The number of carbonyl (C=O) groups is 3. The molecule has 2 aromatic rings. The Hall–Kier alpha value is -3.27. The van der Waals surface area contributed by atoms with E-state index in [9.17, 15) is 24.5 Å². The van der Waals surface area contributed by atoms with Crippen LogP contribution in [0.1, 0.15) is 22.3 Å². The second kappa shape index (κ2) is 9.43. The Labute approximate surface area is 158 Å². The Morgan fingerprint density at radius 1 is 1.26 bits per heavy atom. The molecule has 0 bridgehead atoms. The summed E-state index contributed by atoms with van der Waals surface area (Å²) in [5.41, 5.74) is 1.34. The standard InChI is InChI=1S/C17H17N3O6S/c1-11-8-13(20(24)25)2-3-14(11)19-15(21)9-26-16(22)4-6-18-17(23)12-5-7-27-10-12/h2-3,5,7-8,10H,4,6,9H2,1H3,(H,18,23)(H,19,21). The van der Waals surface area contributed by atoms with Crippen LogP contribution in [0.25, 0.3) is 0 Å². The van der Waals surface area contributed by atoms with Gasteiger partial charge in [0, 0.05) is 35.3 Å². The van der Waals surface area contributed by atoms with Crippen molar-refractivity contribution in [3.05, 3.63) is 56.3 Å². The van der Waals surface area contributed by atoms with Gasteiger partial charge in [-0.2, -0.15) is 11.3 Å². The fraction of sp³-hybridized carbons (Fsp3) is 0.235. The number of esters is 1. The lowest BCUT2D eigenvalue weighted by molar-refractivity contribution is -0.384. The highest BCUT2D eigenvalue weighted by Gasteiger charge is 2.12. The van der Waals surface area contributed by atoms with E-state index in [4.69, 9.17) is 4.74 Å². The SMILES string of the molecule is Cc1cc([N+](=O)[O-])ccc1NC(=O)COC(=O)CCNC(=O)c1ccsc1. The smallest absolute Gasteiger partial charge is 0.308 e. The minimum Gasteiger partial charge on any atom is -0.456 e. The summed E-state index contributed by atoms with van der Waals surface area (Å²) in [6.07, 6.45) is -0.0697. The van der Waals surface area contributed by atoms with Gasteiger partial charge >= 0.3 is 5.97 Å². The van der Waals surface area contributed by atoms with Crippen molar-refractivity contribution < 1.29 is 24.0 Å². The molecule has 0 fully saturated rings. The van der Waals surface area contributed by atoms with Gasteiger partial charge in [0.1, 0.15) is 0 Å². The summed E-state index contributed by atoms with van der Waals surface area (Å²) in [6, 6.07) is 5.68. The Bertz CT molecular complexity index is 850. The molecule has 1 heterocycles. The van der Waals surface area contributed by atoms with Gasteiger partial charge in [-0.25, -0.2) is 0 Å². The lowest BCUT2D eigenvalue weighted by Crippen LogP contribution is -2.27. The van der Waals surface area contributed by atoms with E-state index < -0.39 is 23.4 Å². The van der Waals surface area contributed by atoms with Crippen LogP contribution >= 0.6 is 11.3 Å². The normalized spacial score (nSPS) is 10.1. The molecule has 0 aliphatic carbocycles. The van der Waals surface area contributed by atoms with Crippen molar-refractivity contribution in [1.29, 1.82) is 0 Å². The zero-order valence-electron chi connectivity index (χ0n) is 14.4. The maximum Gasteiger partial charge on any atom is 0.308 e. The van der Waals surface area contributed by atoms with Crippen LogP contribution in [0.2, 0.25) is 0 Å². The summed E-state index contributed by atoms with van der Waals surface area (Å²) < 4.78 is 4.84. The van der Waals surface area contributed by atoms with Crippen LogP contribution in [-0.4, -0.2) is 35.9 Å². The molecular weight excluding hydrogens is 374 g/mol. The number of nitro groups is 1. The predicted molar refractivity (Wildman–Crippen MR) is 98.7 cm³/mol. The lowest BCUT2D eigenvalue weighted by atomic mass is 10.2. The molecule has 0 aliphatic rings. The molecule has 2 N–H and O–H groups in total. The van der Waals surface area contributed by atoms with Crippen molar-refractivity contribution in [2.75, 3.05) is 18.5 Å². The van der Waals surface area contributed by atoms with Gasteiger partial charge in [0.05, 0.1) is 11.3 Å².